The highest BCUT2D eigenvalue weighted by Gasteiger charge is 2.57. The minimum absolute atomic E-state index is 0.0283. The van der Waals surface area contributed by atoms with Crippen LogP contribution >= 0.6 is 36.7 Å². The Balaban J connectivity index is 1.96. The molecule has 1 aliphatic rings. The predicted octanol–water partition coefficient (Wildman–Crippen LogP) is 0.352. The molecule has 1 saturated heterocycles. The summed E-state index contributed by atoms with van der Waals surface area (Å²) >= 11 is 5.68. The summed E-state index contributed by atoms with van der Waals surface area (Å²) in [6, 6.07) is 5.70. The third-order valence-corrected chi connectivity index (χ3v) is 5.43. The SMILES string of the molecule is CC1(C)[C@H](NC(=O)/C(NOCCOc2ccc(C(=N)N)cc2)=C(\C=S)NSN)C(=O)N1OSO. The molecule has 0 radical (unpaired) electrons. The van der Waals surface area contributed by atoms with E-state index in [1.54, 1.807) is 38.1 Å². The van der Waals surface area contributed by atoms with Crippen LogP contribution in [0.2, 0.25) is 0 Å². The van der Waals surface area contributed by atoms with Gasteiger partial charge in [0.2, 0.25) is 0 Å². The molecule has 1 heterocycles. The number of allylic oxidation sites excluding steroid dienone is 1. The van der Waals surface area contributed by atoms with Crippen LogP contribution < -0.4 is 31.1 Å². The van der Waals surface area contributed by atoms with E-state index in [1.165, 1.54) is 5.37 Å². The molecule has 186 valence electrons. The van der Waals surface area contributed by atoms with Gasteiger partial charge in [-0.2, -0.15) is 9.35 Å². The number of rotatable bonds is 14. The smallest absolute Gasteiger partial charge is 0.272 e. The molecule has 9 N–H and O–H groups in total. The van der Waals surface area contributed by atoms with Crippen LogP contribution in [0, 0.1) is 5.41 Å². The summed E-state index contributed by atoms with van der Waals surface area (Å²) in [5, 5.41) is 17.5. The molecule has 0 saturated carbocycles. The lowest BCUT2D eigenvalue weighted by molar-refractivity contribution is -0.214. The molecule has 1 aromatic rings. The first-order valence-electron chi connectivity index (χ1n) is 9.56. The maximum Gasteiger partial charge on any atom is 0.272 e. The molecular formula is C18H25N7O6S3. The molecule has 1 fully saturated rings. The Labute approximate surface area is 210 Å². The fourth-order valence-electron chi connectivity index (χ4n) is 2.84. The first-order valence-corrected chi connectivity index (χ1v) is 11.6. The lowest BCUT2D eigenvalue weighted by Crippen LogP contribution is -2.76. The maximum atomic E-state index is 12.9. The van der Waals surface area contributed by atoms with E-state index in [0.29, 0.717) is 23.4 Å². The molecule has 0 bridgehead atoms. The fourth-order valence-corrected chi connectivity index (χ4v) is 3.71. The Morgan fingerprint density at radius 2 is 2.03 bits per heavy atom. The third-order valence-electron chi connectivity index (χ3n) is 4.64. The number of carbonyl (C=O) groups is 2. The average molecular weight is 532 g/mol. The Kier molecular flexibility index (Phi) is 10.4. The zero-order chi connectivity index (χ0) is 25.3. The number of nitrogen functional groups attached to an aromatic ring is 1. The van der Waals surface area contributed by atoms with E-state index in [-0.39, 0.29) is 42.8 Å². The van der Waals surface area contributed by atoms with E-state index >= 15 is 0 Å². The van der Waals surface area contributed by atoms with Gasteiger partial charge in [-0.25, -0.2) is 0 Å². The van der Waals surface area contributed by atoms with Crippen molar-refractivity contribution in [3.8, 4) is 5.75 Å². The molecule has 16 heteroatoms. The number of carbonyl (C=O) groups excluding carboxylic acids is 2. The number of benzene rings is 1. The number of nitrogens with zero attached hydrogens (tertiary/aromatic N) is 1. The van der Waals surface area contributed by atoms with Gasteiger partial charge in [0.25, 0.3) is 11.8 Å². The fraction of sp³-hybridized carbons (Fsp3) is 0.333. The number of hydrogen-bond donors (Lipinski definition) is 7. The van der Waals surface area contributed by atoms with Gasteiger partial charge in [0.1, 0.15) is 30.8 Å². The van der Waals surface area contributed by atoms with Gasteiger partial charge in [-0.3, -0.25) is 30.5 Å². The standard InChI is InChI=1S/C18H25N7O6S3/c1-18(2)14(17(27)25(18)31-34-28)22-16(26)13(12(9-32)24-33-21)23-30-8-7-29-11-5-3-10(4-6-11)15(19)20/h3-6,9,14,23-24,28H,7-8,21H2,1-2H3,(H3,19,20)(H,22,26)/b13-12-/t14-/m1/s1. The zero-order valence-corrected chi connectivity index (χ0v) is 20.6. The van der Waals surface area contributed by atoms with Crippen molar-refractivity contribution < 1.29 is 28.0 Å². The van der Waals surface area contributed by atoms with Crippen LogP contribution in [0.5, 0.6) is 5.75 Å². The van der Waals surface area contributed by atoms with E-state index in [9.17, 15) is 9.59 Å². The topological polar surface area (TPSA) is 197 Å². The second kappa shape index (κ2) is 12.7. The van der Waals surface area contributed by atoms with Crippen molar-refractivity contribution in [2.24, 2.45) is 10.9 Å². The predicted molar refractivity (Wildman–Crippen MR) is 132 cm³/mol. The summed E-state index contributed by atoms with van der Waals surface area (Å²) in [7, 11) is 0. The summed E-state index contributed by atoms with van der Waals surface area (Å²) in [6.45, 7) is 3.47. The first-order chi connectivity index (χ1) is 16.2. The van der Waals surface area contributed by atoms with Crippen molar-refractivity contribution in [2.45, 2.75) is 25.4 Å². The molecule has 1 atom stereocenters. The molecule has 1 aliphatic heterocycles. The lowest BCUT2D eigenvalue weighted by Gasteiger charge is -2.50. The van der Waals surface area contributed by atoms with Crippen molar-refractivity contribution in [3.05, 3.63) is 41.2 Å². The van der Waals surface area contributed by atoms with Crippen LogP contribution in [0.4, 0.5) is 0 Å². The van der Waals surface area contributed by atoms with Crippen LogP contribution in [0.25, 0.3) is 0 Å². The molecule has 0 unspecified atom stereocenters. The molecule has 13 nitrogen and oxygen atoms in total. The number of amides is 2. The summed E-state index contributed by atoms with van der Waals surface area (Å²) in [5.74, 6) is -0.744. The van der Waals surface area contributed by atoms with Crippen LogP contribution in [-0.4, -0.2) is 57.4 Å². The van der Waals surface area contributed by atoms with Gasteiger partial charge in [0.15, 0.2) is 18.0 Å². The zero-order valence-electron chi connectivity index (χ0n) is 18.2. The van der Waals surface area contributed by atoms with Gasteiger partial charge in [0.05, 0.1) is 11.2 Å². The Hall–Kier alpha value is -2.60. The second-order valence-electron chi connectivity index (χ2n) is 7.21. The molecule has 2 amide bonds. The number of β-lactam (4-membered cyclic amide) rings is 1. The van der Waals surface area contributed by atoms with E-state index in [0.717, 1.165) is 5.06 Å². The summed E-state index contributed by atoms with van der Waals surface area (Å²) in [6.07, 6.45) is 0. The highest BCUT2D eigenvalue weighted by atomic mass is 32.2. The Morgan fingerprint density at radius 1 is 1.35 bits per heavy atom. The van der Waals surface area contributed by atoms with E-state index in [2.05, 4.69) is 15.5 Å². The Bertz CT molecular complexity index is 944. The molecule has 0 spiro atoms. The number of thiocarbonyl (C=S) groups is 1. The van der Waals surface area contributed by atoms with Gasteiger partial charge < -0.3 is 25.1 Å². The number of hydroxylamine groups is 3. The van der Waals surface area contributed by atoms with E-state index in [4.69, 9.17) is 46.9 Å². The number of hydrogen-bond acceptors (Lipinski definition) is 13. The van der Waals surface area contributed by atoms with Crippen molar-refractivity contribution in [2.75, 3.05) is 13.2 Å². The molecule has 0 aromatic heterocycles. The number of nitrogens with one attached hydrogen (secondary N) is 4. The number of amidine groups is 1. The van der Waals surface area contributed by atoms with Crippen molar-refractivity contribution in [1.82, 2.24) is 20.6 Å². The van der Waals surface area contributed by atoms with Crippen molar-refractivity contribution >= 4 is 59.7 Å². The number of nitrogens with two attached hydrogens (primary N) is 2. The van der Waals surface area contributed by atoms with Gasteiger partial charge in [0, 0.05) is 23.1 Å². The maximum absolute atomic E-state index is 12.9. The van der Waals surface area contributed by atoms with Crippen LogP contribution in [-0.2, 0) is 18.7 Å². The Morgan fingerprint density at radius 3 is 2.56 bits per heavy atom. The minimum Gasteiger partial charge on any atom is -0.491 e. The van der Waals surface area contributed by atoms with Gasteiger partial charge in [-0.1, -0.05) is 12.2 Å². The highest BCUT2D eigenvalue weighted by molar-refractivity contribution is 7.95. The molecule has 0 aliphatic carbocycles. The normalized spacial score (nSPS) is 17.2. The van der Waals surface area contributed by atoms with Gasteiger partial charge in [-0.15, -0.1) is 0 Å². The molecule has 2 rings (SSSR count). The molecule has 1 aromatic carbocycles. The lowest BCUT2D eigenvalue weighted by atomic mass is 9.84. The monoisotopic (exact) mass is 531 g/mol. The van der Waals surface area contributed by atoms with Gasteiger partial charge in [-0.05, 0) is 38.1 Å². The quantitative estimate of drug-likeness (QED) is 0.0200. The average Bonchev–Trinajstić information content (AvgIpc) is 2.81. The summed E-state index contributed by atoms with van der Waals surface area (Å²) in [4.78, 5) is 30.5. The highest BCUT2D eigenvalue weighted by Crippen LogP contribution is 2.33. The van der Waals surface area contributed by atoms with E-state index < -0.39 is 23.4 Å². The van der Waals surface area contributed by atoms with Crippen LogP contribution in [0.1, 0.15) is 19.4 Å². The molecular weight excluding hydrogens is 506 g/mol. The van der Waals surface area contributed by atoms with Crippen molar-refractivity contribution in [3.63, 3.8) is 0 Å². The van der Waals surface area contributed by atoms with Crippen molar-refractivity contribution in [1.29, 1.82) is 5.41 Å². The first kappa shape index (κ1) is 27.6. The number of ether oxygens (including phenoxy) is 1. The third kappa shape index (κ3) is 6.72. The molecule has 34 heavy (non-hydrogen) atoms. The minimum atomic E-state index is -0.929. The van der Waals surface area contributed by atoms with Gasteiger partial charge >= 0.3 is 0 Å². The van der Waals surface area contributed by atoms with E-state index in [1.807, 2.05) is 0 Å². The largest absolute Gasteiger partial charge is 0.491 e. The van der Waals surface area contributed by atoms with Crippen LogP contribution in [0.3, 0.4) is 0 Å². The second-order valence-corrected chi connectivity index (χ2v) is 8.18. The van der Waals surface area contributed by atoms with Crippen LogP contribution in [0.15, 0.2) is 35.7 Å². The summed E-state index contributed by atoms with van der Waals surface area (Å²) < 4.78 is 21.8. The summed E-state index contributed by atoms with van der Waals surface area (Å²) in [5.41, 5.74) is 7.60.